The maximum atomic E-state index is 2.60. The van der Waals surface area contributed by atoms with Crippen molar-refractivity contribution >= 4 is 77.4 Å². The summed E-state index contributed by atoms with van der Waals surface area (Å²) in [5.74, 6) is 0.559. The lowest BCUT2D eigenvalue weighted by molar-refractivity contribution is 0.704. The van der Waals surface area contributed by atoms with E-state index >= 15 is 0 Å². The lowest BCUT2D eigenvalue weighted by atomic mass is 9.72. The smallest absolute Gasteiger partial charge is 0.0900 e. The topological polar surface area (TPSA) is 0 Å². The van der Waals surface area contributed by atoms with Crippen molar-refractivity contribution < 1.29 is 0 Å². The second-order valence-electron chi connectivity index (χ2n) is 17.2. The summed E-state index contributed by atoms with van der Waals surface area (Å²) in [6.07, 6.45) is 11.8. The Balaban J connectivity index is 1.12. The van der Waals surface area contributed by atoms with E-state index in [2.05, 4.69) is 208 Å². The number of thiophene rings is 2. The van der Waals surface area contributed by atoms with Crippen LogP contribution in [-0.4, -0.2) is 0 Å². The Kier molecular flexibility index (Phi) is 7.62. The van der Waals surface area contributed by atoms with Gasteiger partial charge in [-0.3, -0.25) is 0 Å². The first-order chi connectivity index (χ1) is 30.0. The maximum Gasteiger partial charge on any atom is 0.0900 e. The third-order valence-electron chi connectivity index (χ3n) is 13.8. The molecule has 0 fully saturated rings. The van der Waals surface area contributed by atoms with E-state index in [9.17, 15) is 0 Å². The molecule has 13 rings (SSSR count). The van der Waals surface area contributed by atoms with Crippen molar-refractivity contribution in [1.29, 1.82) is 0 Å². The number of allylic oxidation sites excluding steroid dienone is 4. The number of hydrogen-bond acceptors (Lipinski definition) is 2. The third kappa shape index (κ3) is 5.16. The fourth-order valence-corrected chi connectivity index (χ4v) is 13.3. The highest BCUT2D eigenvalue weighted by atomic mass is 32.1. The molecule has 0 saturated heterocycles. The van der Waals surface area contributed by atoms with E-state index in [1.165, 1.54) is 118 Å². The average molecular weight is 813 g/mol. The van der Waals surface area contributed by atoms with Gasteiger partial charge >= 0.3 is 0 Å². The van der Waals surface area contributed by atoms with Crippen molar-refractivity contribution in [3.63, 3.8) is 0 Å². The highest BCUT2D eigenvalue weighted by molar-refractivity contribution is 7.14. The molecule has 0 amide bonds. The SMILES string of the molecule is Cc1ccc(C2(c3ccc(C)s3)c3cc(C4=c5cc6ccccc6cc5=C[C@H]5C=CC=CC45)ccc3-c3ccc(-c4c5ccccc5cc5cc6ccccc6cc45)cc32)s1. The Morgan fingerprint density at radius 3 is 1.72 bits per heavy atom. The van der Waals surface area contributed by atoms with E-state index in [0.717, 1.165) is 0 Å². The van der Waals surface area contributed by atoms with Crippen LogP contribution in [0.2, 0.25) is 0 Å². The highest BCUT2D eigenvalue weighted by Crippen LogP contribution is 2.60. The highest BCUT2D eigenvalue weighted by Gasteiger charge is 2.48. The van der Waals surface area contributed by atoms with Gasteiger partial charge in [0.25, 0.3) is 0 Å². The molecule has 2 atom stereocenters. The Bertz CT molecular complexity index is 3650. The third-order valence-corrected chi connectivity index (χ3v) is 16.0. The van der Waals surface area contributed by atoms with Crippen LogP contribution in [-0.2, 0) is 5.41 Å². The molecule has 3 aliphatic carbocycles. The van der Waals surface area contributed by atoms with Crippen molar-refractivity contribution in [2.75, 3.05) is 0 Å². The molecule has 0 radical (unpaired) electrons. The van der Waals surface area contributed by atoms with Gasteiger partial charge in [-0.2, -0.15) is 0 Å². The predicted molar refractivity (Wildman–Crippen MR) is 262 cm³/mol. The lowest BCUT2D eigenvalue weighted by Gasteiger charge is -2.32. The van der Waals surface area contributed by atoms with Gasteiger partial charge in [0.15, 0.2) is 0 Å². The standard InChI is InChI=1S/C59H40S2/c1-35-19-25-55(60-35)59(56-26-20-36(2)61-56)53-33-43(57-47-17-9-7-15-41(47)29-45-27-37-11-3-5-13-39(37)31-51(45)57)21-23-49(53)50-24-22-44(34-54(50)59)58-48-18-10-8-16-42(48)30-46-28-38-12-4-6-14-40(38)32-52(46)58/h3-34,41,47H,1-2H3/t41-,47?/m1/s1. The molecule has 288 valence electrons. The van der Waals surface area contributed by atoms with E-state index in [-0.39, 0.29) is 5.92 Å². The van der Waals surface area contributed by atoms with E-state index in [0.29, 0.717) is 5.92 Å². The number of fused-ring (bicyclic) bond motifs is 9. The second-order valence-corrected chi connectivity index (χ2v) is 19.8. The van der Waals surface area contributed by atoms with Crippen LogP contribution < -0.4 is 10.4 Å². The van der Waals surface area contributed by atoms with E-state index in [4.69, 9.17) is 0 Å². The lowest BCUT2D eigenvalue weighted by Crippen LogP contribution is -2.36. The first-order valence-corrected chi connectivity index (χ1v) is 23.0. The van der Waals surface area contributed by atoms with Crippen LogP contribution in [0.3, 0.4) is 0 Å². The molecule has 0 N–H and O–H groups in total. The zero-order valence-corrected chi connectivity index (χ0v) is 35.6. The zero-order valence-electron chi connectivity index (χ0n) is 33.9. The molecule has 0 spiro atoms. The molecular formula is C59H40S2. The Hall–Kier alpha value is -6.58. The van der Waals surface area contributed by atoms with Crippen molar-refractivity contribution in [3.8, 4) is 22.3 Å². The monoisotopic (exact) mass is 812 g/mol. The Labute approximate surface area is 363 Å². The minimum absolute atomic E-state index is 0.255. The summed E-state index contributed by atoms with van der Waals surface area (Å²) in [7, 11) is 0. The minimum atomic E-state index is -0.489. The largest absolute Gasteiger partial charge is 0.144 e. The molecule has 8 aromatic carbocycles. The molecule has 2 heteroatoms. The van der Waals surface area contributed by atoms with E-state index in [1.54, 1.807) is 0 Å². The number of aryl methyl sites for hydroxylation is 2. The molecule has 3 aliphatic rings. The molecule has 0 saturated carbocycles. The molecule has 0 nitrogen and oxygen atoms in total. The van der Waals surface area contributed by atoms with Gasteiger partial charge in [-0.15, -0.1) is 22.7 Å². The van der Waals surface area contributed by atoms with Crippen LogP contribution in [0.25, 0.3) is 77.0 Å². The number of hydrogen-bond donors (Lipinski definition) is 0. The van der Waals surface area contributed by atoms with E-state index in [1.807, 2.05) is 22.7 Å². The first-order valence-electron chi connectivity index (χ1n) is 21.4. The van der Waals surface area contributed by atoms with Gasteiger partial charge in [0.1, 0.15) is 0 Å². The van der Waals surface area contributed by atoms with Crippen molar-refractivity contribution in [2.45, 2.75) is 19.3 Å². The van der Waals surface area contributed by atoms with Crippen LogP contribution in [0.4, 0.5) is 0 Å². The molecule has 61 heavy (non-hydrogen) atoms. The molecule has 0 bridgehead atoms. The van der Waals surface area contributed by atoms with Gasteiger partial charge in [-0.05, 0) is 179 Å². The maximum absolute atomic E-state index is 2.60. The van der Waals surface area contributed by atoms with Crippen LogP contribution in [0, 0.1) is 25.7 Å². The van der Waals surface area contributed by atoms with Gasteiger partial charge in [0.05, 0.1) is 5.41 Å². The minimum Gasteiger partial charge on any atom is -0.144 e. The van der Waals surface area contributed by atoms with Crippen LogP contribution in [0.15, 0.2) is 188 Å². The first kappa shape index (κ1) is 35.2. The van der Waals surface area contributed by atoms with Gasteiger partial charge in [0.2, 0.25) is 0 Å². The fraction of sp³-hybridized carbons (Fsp3) is 0.0847. The Morgan fingerprint density at radius 2 is 1.03 bits per heavy atom. The molecule has 2 heterocycles. The molecule has 10 aromatic rings. The summed E-state index contributed by atoms with van der Waals surface area (Å²) in [6.45, 7) is 4.52. The predicted octanol–water partition coefficient (Wildman–Crippen LogP) is 14.4. The summed E-state index contributed by atoms with van der Waals surface area (Å²) in [5, 5.41) is 12.9. The number of benzene rings is 8. The van der Waals surface area contributed by atoms with Gasteiger partial charge in [0, 0.05) is 31.3 Å². The van der Waals surface area contributed by atoms with Gasteiger partial charge in [-0.1, -0.05) is 127 Å². The number of rotatable bonds is 4. The van der Waals surface area contributed by atoms with Gasteiger partial charge in [-0.25, -0.2) is 0 Å². The normalized spacial score (nSPS) is 17.1. The second kappa shape index (κ2) is 13.2. The summed E-state index contributed by atoms with van der Waals surface area (Å²) in [4.78, 5) is 5.41. The summed E-state index contributed by atoms with van der Waals surface area (Å²) < 4.78 is 0. The van der Waals surface area contributed by atoms with Crippen molar-refractivity contribution in [1.82, 2.24) is 0 Å². The molecule has 2 aromatic heterocycles. The molecule has 0 aliphatic heterocycles. The van der Waals surface area contributed by atoms with Gasteiger partial charge < -0.3 is 0 Å². The average Bonchev–Trinajstić information content (AvgIpc) is 4.01. The summed E-state index contributed by atoms with van der Waals surface area (Å²) >= 11 is 3.89. The van der Waals surface area contributed by atoms with Crippen LogP contribution in [0.5, 0.6) is 0 Å². The zero-order chi connectivity index (χ0) is 40.4. The molecular weight excluding hydrogens is 773 g/mol. The van der Waals surface area contributed by atoms with Crippen LogP contribution in [0.1, 0.15) is 36.2 Å². The fourth-order valence-electron chi connectivity index (χ4n) is 11.1. The van der Waals surface area contributed by atoms with Crippen molar-refractivity contribution in [2.24, 2.45) is 11.8 Å². The molecule has 1 unspecified atom stereocenters. The van der Waals surface area contributed by atoms with E-state index < -0.39 is 5.41 Å². The summed E-state index contributed by atoms with van der Waals surface area (Å²) in [6, 6.07) is 63.0. The van der Waals surface area contributed by atoms with Crippen molar-refractivity contribution in [3.05, 3.63) is 235 Å². The Morgan fingerprint density at radius 1 is 0.459 bits per heavy atom. The van der Waals surface area contributed by atoms with Crippen LogP contribution >= 0.6 is 22.7 Å². The quantitative estimate of drug-likeness (QED) is 0.155. The summed E-state index contributed by atoms with van der Waals surface area (Å²) in [5.41, 5.74) is 10.2.